The van der Waals surface area contributed by atoms with Crippen molar-refractivity contribution < 1.29 is 19.5 Å². The second-order valence-corrected chi connectivity index (χ2v) is 4.39. The van der Waals surface area contributed by atoms with Gasteiger partial charge in [0.15, 0.2) is 5.78 Å². The molecule has 0 unspecified atom stereocenters. The lowest BCUT2D eigenvalue weighted by atomic mass is 10.0. The Balaban J connectivity index is 2.49. The zero-order chi connectivity index (χ0) is 14.4. The molecule has 0 heterocycles. The van der Waals surface area contributed by atoms with Crippen LogP contribution in [0.25, 0.3) is 0 Å². The Morgan fingerprint density at radius 3 is 2.37 bits per heavy atom. The highest BCUT2D eigenvalue weighted by Gasteiger charge is 2.10. The van der Waals surface area contributed by atoms with Crippen molar-refractivity contribution in [2.45, 2.75) is 26.7 Å². The minimum atomic E-state index is -1.10. The van der Waals surface area contributed by atoms with E-state index in [1.54, 1.807) is 12.1 Å². The Bertz CT molecular complexity index is 508. The SMILES string of the molecule is Cc1ccc(C(=O)CCC(=O)NCC(=O)O)cc1C. The summed E-state index contributed by atoms with van der Waals surface area (Å²) in [6.45, 7) is 3.46. The first-order chi connectivity index (χ1) is 8.90. The molecule has 0 aromatic heterocycles. The highest BCUT2D eigenvalue weighted by molar-refractivity contribution is 5.98. The van der Waals surface area contributed by atoms with Gasteiger partial charge in [-0.2, -0.15) is 0 Å². The number of aliphatic carboxylic acids is 1. The number of hydrogen-bond acceptors (Lipinski definition) is 3. The predicted octanol–water partition coefficient (Wildman–Crippen LogP) is 1.47. The Labute approximate surface area is 111 Å². The minimum absolute atomic E-state index is 0.000955. The van der Waals surface area contributed by atoms with Gasteiger partial charge < -0.3 is 10.4 Å². The van der Waals surface area contributed by atoms with Crippen LogP contribution in [0.4, 0.5) is 0 Å². The van der Waals surface area contributed by atoms with E-state index >= 15 is 0 Å². The third-order valence-corrected chi connectivity index (χ3v) is 2.84. The number of Topliss-reactive ketones (excluding diaryl/α,β-unsaturated/α-hetero) is 1. The summed E-state index contributed by atoms with van der Waals surface area (Å²) in [5, 5.41) is 10.6. The summed E-state index contributed by atoms with van der Waals surface area (Å²) >= 11 is 0. The molecule has 5 nitrogen and oxygen atoms in total. The smallest absolute Gasteiger partial charge is 0.322 e. The number of amides is 1. The predicted molar refractivity (Wildman–Crippen MR) is 70.1 cm³/mol. The van der Waals surface area contributed by atoms with Gasteiger partial charge in [-0.25, -0.2) is 0 Å². The molecule has 0 bridgehead atoms. The van der Waals surface area contributed by atoms with Crippen molar-refractivity contribution in [2.75, 3.05) is 6.54 Å². The normalized spacial score (nSPS) is 10.0. The summed E-state index contributed by atoms with van der Waals surface area (Å²) < 4.78 is 0. The lowest BCUT2D eigenvalue weighted by molar-refractivity contribution is -0.137. The molecule has 0 aliphatic rings. The summed E-state index contributed by atoms with van der Waals surface area (Å²) in [6, 6.07) is 5.40. The van der Waals surface area contributed by atoms with Gasteiger partial charge in [-0.15, -0.1) is 0 Å². The minimum Gasteiger partial charge on any atom is -0.480 e. The van der Waals surface area contributed by atoms with Gasteiger partial charge in [0, 0.05) is 18.4 Å². The van der Waals surface area contributed by atoms with Gasteiger partial charge >= 0.3 is 5.97 Å². The topological polar surface area (TPSA) is 83.5 Å². The highest BCUT2D eigenvalue weighted by atomic mass is 16.4. The third-order valence-electron chi connectivity index (χ3n) is 2.84. The fourth-order valence-corrected chi connectivity index (χ4v) is 1.55. The molecule has 102 valence electrons. The molecule has 0 atom stereocenters. The number of benzene rings is 1. The molecule has 0 saturated heterocycles. The molecular weight excluding hydrogens is 246 g/mol. The molecule has 1 rings (SSSR count). The number of hydrogen-bond donors (Lipinski definition) is 2. The van der Waals surface area contributed by atoms with E-state index in [2.05, 4.69) is 5.32 Å². The number of carbonyl (C=O) groups excluding carboxylic acids is 2. The Morgan fingerprint density at radius 2 is 1.79 bits per heavy atom. The average molecular weight is 263 g/mol. The number of carboxylic acids is 1. The number of carboxylic acid groups (broad SMARTS) is 1. The Kier molecular flexibility index (Phi) is 5.23. The third kappa shape index (κ3) is 4.91. The van der Waals surface area contributed by atoms with Crippen LogP contribution in [0, 0.1) is 13.8 Å². The van der Waals surface area contributed by atoms with E-state index in [1.165, 1.54) is 0 Å². The van der Waals surface area contributed by atoms with E-state index in [-0.39, 0.29) is 18.6 Å². The molecule has 1 aromatic carbocycles. The monoisotopic (exact) mass is 263 g/mol. The molecule has 0 radical (unpaired) electrons. The van der Waals surface area contributed by atoms with E-state index in [0.29, 0.717) is 5.56 Å². The van der Waals surface area contributed by atoms with Gasteiger partial charge in [0.1, 0.15) is 6.54 Å². The van der Waals surface area contributed by atoms with E-state index in [4.69, 9.17) is 5.11 Å². The van der Waals surface area contributed by atoms with Crippen molar-refractivity contribution in [3.05, 3.63) is 34.9 Å². The fraction of sp³-hybridized carbons (Fsp3) is 0.357. The largest absolute Gasteiger partial charge is 0.480 e. The van der Waals surface area contributed by atoms with Crippen LogP contribution in [0.3, 0.4) is 0 Å². The van der Waals surface area contributed by atoms with Crippen molar-refractivity contribution >= 4 is 17.7 Å². The standard InChI is InChI=1S/C14H17NO4/c1-9-3-4-11(7-10(9)2)12(16)5-6-13(17)15-8-14(18)19/h3-4,7H,5-6,8H2,1-2H3,(H,15,17)(H,18,19). The number of ketones is 1. The maximum absolute atomic E-state index is 11.9. The molecule has 0 fully saturated rings. The number of aryl methyl sites for hydroxylation is 2. The zero-order valence-electron chi connectivity index (χ0n) is 11.0. The van der Waals surface area contributed by atoms with Crippen LogP contribution in [-0.4, -0.2) is 29.3 Å². The van der Waals surface area contributed by atoms with Gasteiger partial charge in [0.2, 0.25) is 5.91 Å². The van der Waals surface area contributed by atoms with Crippen LogP contribution in [0.5, 0.6) is 0 Å². The summed E-state index contributed by atoms with van der Waals surface area (Å²) in [5.41, 5.74) is 2.71. The Morgan fingerprint density at radius 1 is 1.11 bits per heavy atom. The number of nitrogens with one attached hydrogen (secondary N) is 1. The average Bonchev–Trinajstić information content (AvgIpc) is 2.36. The first-order valence-corrected chi connectivity index (χ1v) is 5.99. The summed E-state index contributed by atoms with van der Waals surface area (Å²) in [5.74, 6) is -1.65. The molecule has 0 aliphatic carbocycles. The van der Waals surface area contributed by atoms with E-state index in [0.717, 1.165) is 11.1 Å². The molecule has 0 saturated carbocycles. The van der Waals surface area contributed by atoms with Crippen LogP contribution in [0.15, 0.2) is 18.2 Å². The van der Waals surface area contributed by atoms with Crippen LogP contribution in [-0.2, 0) is 9.59 Å². The summed E-state index contributed by atoms with van der Waals surface area (Å²) in [4.78, 5) is 33.4. The lowest BCUT2D eigenvalue weighted by Crippen LogP contribution is -2.29. The quantitative estimate of drug-likeness (QED) is 0.761. The van der Waals surface area contributed by atoms with E-state index in [9.17, 15) is 14.4 Å². The van der Waals surface area contributed by atoms with Crippen molar-refractivity contribution in [2.24, 2.45) is 0 Å². The zero-order valence-corrected chi connectivity index (χ0v) is 11.0. The molecule has 0 spiro atoms. The molecule has 1 aromatic rings. The van der Waals surface area contributed by atoms with Crippen molar-refractivity contribution in [3.8, 4) is 0 Å². The first kappa shape index (κ1) is 14.9. The van der Waals surface area contributed by atoms with Crippen LogP contribution in [0.1, 0.15) is 34.3 Å². The summed E-state index contributed by atoms with van der Waals surface area (Å²) in [6.07, 6.45) is 0.0764. The van der Waals surface area contributed by atoms with Crippen molar-refractivity contribution in [1.29, 1.82) is 0 Å². The van der Waals surface area contributed by atoms with Gasteiger partial charge in [0.05, 0.1) is 0 Å². The van der Waals surface area contributed by atoms with Gasteiger partial charge in [-0.1, -0.05) is 12.1 Å². The Hall–Kier alpha value is -2.17. The van der Waals surface area contributed by atoms with E-state index < -0.39 is 18.4 Å². The fourth-order valence-electron chi connectivity index (χ4n) is 1.55. The number of rotatable bonds is 6. The number of carbonyl (C=O) groups is 3. The maximum Gasteiger partial charge on any atom is 0.322 e. The van der Waals surface area contributed by atoms with Gasteiger partial charge in [-0.05, 0) is 31.0 Å². The summed E-state index contributed by atoms with van der Waals surface area (Å²) in [7, 11) is 0. The van der Waals surface area contributed by atoms with Crippen LogP contribution in [0.2, 0.25) is 0 Å². The first-order valence-electron chi connectivity index (χ1n) is 5.99. The molecule has 0 aliphatic heterocycles. The molecular formula is C14H17NO4. The maximum atomic E-state index is 11.9. The lowest BCUT2D eigenvalue weighted by Gasteiger charge is -2.05. The molecule has 1 amide bonds. The van der Waals surface area contributed by atoms with Crippen molar-refractivity contribution in [1.82, 2.24) is 5.32 Å². The molecule has 19 heavy (non-hydrogen) atoms. The second-order valence-electron chi connectivity index (χ2n) is 4.39. The molecule has 2 N–H and O–H groups in total. The van der Waals surface area contributed by atoms with E-state index in [1.807, 2.05) is 19.9 Å². The second kappa shape index (κ2) is 6.68. The van der Waals surface area contributed by atoms with Crippen molar-refractivity contribution in [3.63, 3.8) is 0 Å². The highest BCUT2D eigenvalue weighted by Crippen LogP contribution is 2.12. The molecule has 5 heteroatoms. The van der Waals surface area contributed by atoms with Crippen LogP contribution >= 0.6 is 0 Å². The van der Waals surface area contributed by atoms with Crippen LogP contribution < -0.4 is 5.32 Å². The van der Waals surface area contributed by atoms with Gasteiger partial charge in [-0.3, -0.25) is 14.4 Å². The van der Waals surface area contributed by atoms with Gasteiger partial charge in [0.25, 0.3) is 0 Å².